The van der Waals surface area contributed by atoms with Crippen LogP contribution in [0.15, 0.2) is 58.5 Å². The maximum Gasteiger partial charge on any atom is 0.276 e. The second-order valence-electron chi connectivity index (χ2n) is 5.82. The van der Waals surface area contributed by atoms with E-state index in [1.165, 1.54) is 18.3 Å². The van der Waals surface area contributed by atoms with Gasteiger partial charge in [0.2, 0.25) is 0 Å². The van der Waals surface area contributed by atoms with E-state index < -0.39 is 10.0 Å². The zero-order valence-corrected chi connectivity index (χ0v) is 14.9. The van der Waals surface area contributed by atoms with Crippen LogP contribution in [0.4, 0.5) is 0 Å². The van der Waals surface area contributed by atoms with Crippen molar-refractivity contribution in [2.24, 2.45) is 5.10 Å². The predicted molar refractivity (Wildman–Crippen MR) is 96.4 cm³/mol. The lowest BCUT2D eigenvalue weighted by atomic mass is 10.1. The largest absolute Gasteiger partial charge is 0.276 e. The van der Waals surface area contributed by atoms with Crippen molar-refractivity contribution in [3.8, 4) is 0 Å². The number of aryl methyl sites for hydroxylation is 1. The molecule has 26 heavy (non-hydrogen) atoms. The number of benzene rings is 2. The Morgan fingerprint density at radius 3 is 2.15 bits per heavy atom. The highest BCUT2D eigenvalue weighted by Crippen LogP contribution is 2.22. The standard InChI is InChI=1S/C18H17N3O4S/c1-13-7-9-14(10-8-13)26(24,25)20-19-11-4-12-21-17(22)15-5-2-3-6-16(15)18(21)23/h2-3,5-11,20H,4,12H2,1H3/b19-11-. The van der Waals surface area contributed by atoms with Crippen LogP contribution in [-0.2, 0) is 10.0 Å². The maximum absolute atomic E-state index is 12.2. The van der Waals surface area contributed by atoms with Gasteiger partial charge >= 0.3 is 0 Å². The van der Waals surface area contributed by atoms with Crippen LogP contribution in [0.1, 0.15) is 32.7 Å². The molecule has 0 aliphatic carbocycles. The molecule has 2 aromatic rings. The first-order valence-electron chi connectivity index (χ1n) is 7.95. The van der Waals surface area contributed by atoms with Crippen molar-refractivity contribution in [3.63, 3.8) is 0 Å². The monoisotopic (exact) mass is 371 g/mol. The van der Waals surface area contributed by atoms with Crippen molar-refractivity contribution in [3.05, 3.63) is 65.2 Å². The zero-order valence-electron chi connectivity index (χ0n) is 14.0. The first kappa shape index (κ1) is 17.8. The molecular formula is C18H17N3O4S. The highest BCUT2D eigenvalue weighted by molar-refractivity contribution is 7.89. The maximum atomic E-state index is 12.2. The Kier molecular flexibility index (Phi) is 4.85. The van der Waals surface area contributed by atoms with Gasteiger partial charge in [0.25, 0.3) is 21.8 Å². The summed E-state index contributed by atoms with van der Waals surface area (Å²) in [5.74, 6) is -0.696. The lowest BCUT2D eigenvalue weighted by Crippen LogP contribution is -2.31. The van der Waals surface area contributed by atoms with E-state index in [1.807, 2.05) is 6.92 Å². The Bertz CT molecular complexity index is 947. The summed E-state index contributed by atoms with van der Waals surface area (Å²) in [7, 11) is -3.74. The van der Waals surface area contributed by atoms with Gasteiger partial charge in [-0.2, -0.15) is 13.5 Å². The summed E-state index contributed by atoms with van der Waals surface area (Å²) >= 11 is 0. The highest BCUT2D eigenvalue weighted by atomic mass is 32.2. The molecule has 134 valence electrons. The number of imide groups is 1. The van der Waals surface area contributed by atoms with Gasteiger partial charge in [-0.05, 0) is 31.2 Å². The van der Waals surface area contributed by atoms with Crippen LogP contribution in [0.2, 0.25) is 0 Å². The van der Waals surface area contributed by atoms with Crippen molar-refractivity contribution >= 4 is 28.1 Å². The van der Waals surface area contributed by atoms with E-state index in [-0.39, 0.29) is 29.7 Å². The molecular weight excluding hydrogens is 354 g/mol. The molecule has 7 nitrogen and oxygen atoms in total. The fourth-order valence-corrected chi connectivity index (χ4v) is 3.38. The van der Waals surface area contributed by atoms with Crippen LogP contribution >= 0.6 is 0 Å². The molecule has 0 unspecified atom stereocenters. The zero-order chi connectivity index (χ0) is 18.7. The minimum absolute atomic E-state index is 0.112. The summed E-state index contributed by atoms with van der Waals surface area (Å²) in [5.41, 5.74) is 1.72. The number of hydrogen-bond acceptors (Lipinski definition) is 5. The summed E-state index contributed by atoms with van der Waals surface area (Å²) in [6.45, 7) is 1.99. The molecule has 1 aliphatic heterocycles. The number of carbonyl (C=O) groups is 2. The fourth-order valence-electron chi connectivity index (χ4n) is 2.57. The fraction of sp³-hybridized carbons (Fsp3) is 0.167. The third kappa shape index (κ3) is 3.50. The number of carbonyl (C=O) groups excluding carboxylic acids is 2. The SMILES string of the molecule is Cc1ccc(S(=O)(=O)N/N=C\CCN2C(=O)c3ccccc3C2=O)cc1. The summed E-state index contributed by atoms with van der Waals surface area (Å²) in [4.78, 5) is 27.7. The van der Waals surface area contributed by atoms with Gasteiger partial charge in [-0.15, -0.1) is 0 Å². The summed E-state index contributed by atoms with van der Waals surface area (Å²) in [6.07, 6.45) is 1.57. The van der Waals surface area contributed by atoms with E-state index in [2.05, 4.69) is 9.93 Å². The Hall–Kier alpha value is -3.00. The minimum Gasteiger partial charge on any atom is -0.274 e. The average Bonchev–Trinajstić information content (AvgIpc) is 2.87. The van der Waals surface area contributed by atoms with Gasteiger partial charge < -0.3 is 0 Å². The number of amides is 2. The topological polar surface area (TPSA) is 95.9 Å². The molecule has 0 atom stereocenters. The van der Waals surface area contributed by atoms with Gasteiger partial charge in [0.05, 0.1) is 16.0 Å². The van der Waals surface area contributed by atoms with Crippen LogP contribution in [0.5, 0.6) is 0 Å². The molecule has 0 fully saturated rings. The van der Waals surface area contributed by atoms with Gasteiger partial charge in [0.15, 0.2) is 0 Å². The number of hydrogen-bond donors (Lipinski definition) is 1. The normalized spacial score (nSPS) is 14.1. The van der Waals surface area contributed by atoms with Gasteiger partial charge in [0.1, 0.15) is 0 Å². The average molecular weight is 371 g/mol. The molecule has 2 amide bonds. The Labute approximate surface area is 151 Å². The lowest BCUT2D eigenvalue weighted by Gasteiger charge is -2.11. The van der Waals surface area contributed by atoms with E-state index in [0.29, 0.717) is 11.1 Å². The van der Waals surface area contributed by atoms with E-state index >= 15 is 0 Å². The number of hydrazone groups is 1. The predicted octanol–water partition coefficient (Wildman–Crippen LogP) is 1.95. The molecule has 2 aromatic carbocycles. The first-order valence-corrected chi connectivity index (χ1v) is 9.44. The molecule has 0 saturated heterocycles. The Morgan fingerprint density at radius 1 is 1.00 bits per heavy atom. The number of sulfonamides is 1. The molecule has 1 heterocycles. The van der Waals surface area contributed by atoms with Crippen molar-refractivity contribution in [2.75, 3.05) is 6.54 Å². The van der Waals surface area contributed by atoms with Crippen LogP contribution in [0.3, 0.4) is 0 Å². The van der Waals surface area contributed by atoms with Gasteiger partial charge in [0, 0.05) is 19.2 Å². The Balaban J connectivity index is 1.56. The molecule has 0 radical (unpaired) electrons. The molecule has 0 bridgehead atoms. The van der Waals surface area contributed by atoms with Crippen LogP contribution < -0.4 is 4.83 Å². The molecule has 8 heteroatoms. The van der Waals surface area contributed by atoms with Gasteiger partial charge in [-0.3, -0.25) is 14.5 Å². The highest BCUT2D eigenvalue weighted by Gasteiger charge is 2.34. The lowest BCUT2D eigenvalue weighted by molar-refractivity contribution is 0.0659. The summed E-state index contributed by atoms with van der Waals surface area (Å²) in [6, 6.07) is 13.0. The first-order chi connectivity index (χ1) is 12.4. The second-order valence-corrected chi connectivity index (χ2v) is 7.48. The van der Waals surface area contributed by atoms with Crippen molar-refractivity contribution in [1.82, 2.24) is 9.73 Å². The van der Waals surface area contributed by atoms with E-state index in [9.17, 15) is 18.0 Å². The third-order valence-corrected chi connectivity index (χ3v) is 5.19. The van der Waals surface area contributed by atoms with Crippen molar-refractivity contribution in [1.29, 1.82) is 0 Å². The molecule has 0 saturated carbocycles. The molecule has 0 spiro atoms. The smallest absolute Gasteiger partial charge is 0.274 e. The third-order valence-electron chi connectivity index (χ3n) is 3.96. The molecule has 1 N–H and O–H groups in total. The number of rotatable bonds is 6. The second kappa shape index (κ2) is 7.09. The van der Waals surface area contributed by atoms with Crippen molar-refractivity contribution in [2.45, 2.75) is 18.2 Å². The van der Waals surface area contributed by atoms with Crippen molar-refractivity contribution < 1.29 is 18.0 Å². The number of fused-ring (bicyclic) bond motifs is 1. The molecule has 1 aliphatic rings. The summed E-state index contributed by atoms with van der Waals surface area (Å²) in [5, 5.41) is 3.69. The number of nitrogens with one attached hydrogen (secondary N) is 1. The van der Waals surface area contributed by atoms with Gasteiger partial charge in [-0.25, -0.2) is 4.83 Å². The molecule has 3 rings (SSSR count). The number of nitrogens with zero attached hydrogens (tertiary/aromatic N) is 2. The minimum atomic E-state index is -3.74. The van der Waals surface area contributed by atoms with Gasteiger partial charge in [-0.1, -0.05) is 29.8 Å². The quantitative estimate of drug-likeness (QED) is 0.477. The van der Waals surface area contributed by atoms with Crippen LogP contribution in [-0.4, -0.2) is 37.9 Å². The van der Waals surface area contributed by atoms with Crippen LogP contribution in [0, 0.1) is 6.92 Å². The van der Waals surface area contributed by atoms with E-state index in [0.717, 1.165) is 10.5 Å². The Morgan fingerprint density at radius 2 is 1.58 bits per heavy atom. The molecule has 0 aromatic heterocycles. The summed E-state index contributed by atoms with van der Waals surface area (Å²) < 4.78 is 24.1. The van der Waals surface area contributed by atoms with Crippen LogP contribution in [0.25, 0.3) is 0 Å². The van der Waals surface area contributed by atoms with E-state index in [4.69, 9.17) is 0 Å². The van der Waals surface area contributed by atoms with E-state index in [1.54, 1.807) is 36.4 Å².